The number of hydrogen-bond donors (Lipinski definition) is 0. The van der Waals surface area contributed by atoms with Gasteiger partial charge in [-0.3, -0.25) is 14.7 Å². The standard InChI is InChI=1S/C14H21N3O2/c1-19-12-14(18)17-10-8-16(9-11-17)7-4-13-2-5-15-6-3-13/h2-3,5-6H,4,7-12H2,1H3. The van der Waals surface area contributed by atoms with Crippen molar-refractivity contribution in [1.29, 1.82) is 0 Å². The van der Waals surface area contributed by atoms with Crippen molar-refractivity contribution in [2.45, 2.75) is 6.42 Å². The molecule has 0 N–H and O–H groups in total. The summed E-state index contributed by atoms with van der Waals surface area (Å²) >= 11 is 0. The van der Waals surface area contributed by atoms with Crippen molar-refractivity contribution < 1.29 is 9.53 Å². The molecule has 1 aliphatic rings. The molecule has 104 valence electrons. The van der Waals surface area contributed by atoms with Gasteiger partial charge in [0, 0.05) is 52.2 Å². The van der Waals surface area contributed by atoms with Crippen molar-refractivity contribution >= 4 is 5.91 Å². The Morgan fingerprint density at radius 1 is 1.26 bits per heavy atom. The number of hydrogen-bond acceptors (Lipinski definition) is 4. The van der Waals surface area contributed by atoms with Crippen LogP contribution in [-0.2, 0) is 16.0 Å². The Kier molecular flexibility index (Phi) is 5.30. The molecule has 0 spiro atoms. The summed E-state index contributed by atoms with van der Waals surface area (Å²) in [6, 6.07) is 4.11. The highest BCUT2D eigenvalue weighted by Gasteiger charge is 2.20. The van der Waals surface area contributed by atoms with Crippen LogP contribution >= 0.6 is 0 Å². The van der Waals surface area contributed by atoms with Crippen molar-refractivity contribution in [3.8, 4) is 0 Å². The third kappa shape index (κ3) is 4.29. The van der Waals surface area contributed by atoms with E-state index in [2.05, 4.69) is 22.0 Å². The minimum absolute atomic E-state index is 0.0938. The van der Waals surface area contributed by atoms with Crippen LogP contribution in [0.3, 0.4) is 0 Å². The van der Waals surface area contributed by atoms with Crippen LogP contribution in [0.5, 0.6) is 0 Å². The fraction of sp³-hybridized carbons (Fsp3) is 0.571. The van der Waals surface area contributed by atoms with E-state index < -0.39 is 0 Å². The summed E-state index contributed by atoms with van der Waals surface area (Å²) in [6.07, 6.45) is 4.70. The first-order valence-corrected chi connectivity index (χ1v) is 6.67. The van der Waals surface area contributed by atoms with E-state index in [1.165, 1.54) is 5.56 Å². The fourth-order valence-corrected chi connectivity index (χ4v) is 2.27. The number of piperazine rings is 1. The SMILES string of the molecule is COCC(=O)N1CCN(CCc2ccncc2)CC1. The van der Waals surface area contributed by atoms with Crippen LogP contribution in [0.1, 0.15) is 5.56 Å². The Balaban J connectivity index is 1.70. The molecule has 0 bridgehead atoms. The van der Waals surface area contributed by atoms with E-state index in [9.17, 15) is 4.79 Å². The molecule has 1 fully saturated rings. The number of aromatic nitrogens is 1. The average Bonchev–Trinajstić information content (AvgIpc) is 2.47. The molecular weight excluding hydrogens is 242 g/mol. The van der Waals surface area contributed by atoms with Gasteiger partial charge in [-0.2, -0.15) is 0 Å². The predicted molar refractivity (Wildman–Crippen MR) is 72.8 cm³/mol. The van der Waals surface area contributed by atoms with Gasteiger partial charge in [0.15, 0.2) is 0 Å². The third-order valence-electron chi connectivity index (χ3n) is 3.46. The monoisotopic (exact) mass is 263 g/mol. The van der Waals surface area contributed by atoms with Crippen LogP contribution in [0.15, 0.2) is 24.5 Å². The van der Waals surface area contributed by atoms with E-state index in [1.54, 1.807) is 7.11 Å². The second-order valence-corrected chi connectivity index (χ2v) is 4.76. The first-order valence-electron chi connectivity index (χ1n) is 6.67. The number of carbonyl (C=O) groups excluding carboxylic acids is 1. The molecule has 2 rings (SSSR count). The zero-order chi connectivity index (χ0) is 13.5. The first kappa shape index (κ1) is 14.0. The molecule has 1 amide bonds. The molecule has 2 heterocycles. The molecule has 0 radical (unpaired) electrons. The van der Waals surface area contributed by atoms with Gasteiger partial charge in [0.2, 0.25) is 5.91 Å². The summed E-state index contributed by atoms with van der Waals surface area (Å²) in [7, 11) is 1.56. The molecule has 1 saturated heterocycles. The number of carbonyl (C=O) groups is 1. The topological polar surface area (TPSA) is 45.7 Å². The molecule has 5 nitrogen and oxygen atoms in total. The Hall–Kier alpha value is -1.46. The summed E-state index contributed by atoms with van der Waals surface area (Å²) < 4.78 is 4.88. The molecule has 0 aliphatic carbocycles. The fourth-order valence-electron chi connectivity index (χ4n) is 2.27. The maximum Gasteiger partial charge on any atom is 0.248 e. The Morgan fingerprint density at radius 3 is 2.58 bits per heavy atom. The highest BCUT2D eigenvalue weighted by molar-refractivity contribution is 5.77. The molecule has 0 unspecified atom stereocenters. The van der Waals surface area contributed by atoms with Crippen molar-refractivity contribution in [3.63, 3.8) is 0 Å². The number of pyridine rings is 1. The van der Waals surface area contributed by atoms with Crippen LogP contribution in [0.2, 0.25) is 0 Å². The minimum Gasteiger partial charge on any atom is -0.375 e. The highest BCUT2D eigenvalue weighted by Crippen LogP contribution is 2.05. The third-order valence-corrected chi connectivity index (χ3v) is 3.46. The zero-order valence-electron chi connectivity index (χ0n) is 11.4. The summed E-state index contributed by atoms with van der Waals surface area (Å²) in [5, 5.41) is 0. The van der Waals surface area contributed by atoms with Crippen molar-refractivity contribution in [3.05, 3.63) is 30.1 Å². The number of ether oxygens (including phenoxy) is 1. The molecule has 0 saturated carbocycles. The second kappa shape index (κ2) is 7.21. The van der Waals surface area contributed by atoms with Gasteiger partial charge in [-0.15, -0.1) is 0 Å². The Morgan fingerprint density at radius 2 is 1.95 bits per heavy atom. The summed E-state index contributed by atoms with van der Waals surface area (Å²) in [6.45, 7) is 4.73. The predicted octanol–water partition coefficient (Wildman–Crippen LogP) is 0.415. The van der Waals surface area contributed by atoms with Gasteiger partial charge < -0.3 is 9.64 Å². The normalized spacial score (nSPS) is 16.6. The molecule has 1 aromatic rings. The average molecular weight is 263 g/mol. The van der Waals surface area contributed by atoms with Gasteiger partial charge >= 0.3 is 0 Å². The van der Waals surface area contributed by atoms with E-state index in [1.807, 2.05) is 17.3 Å². The quantitative estimate of drug-likeness (QED) is 0.772. The number of amides is 1. The van der Waals surface area contributed by atoms with Crippen LogP contribution in [0, 0.1) is 0 Å². The maximum absolute atomic E-state index is 11.7. The lowest BCUT2D eigenvalue weighted by atomic mass is 10.2. The number of rotatable bonds is 5. The van der Waals surface area contributed by atoms with Crippen molar-refractivity contribution in [1.82, 2.24) is 14.8 Å². The lowest BCUT2D eigenvalue weighted by Crippen LogP contribution is -2.50. The van der Waals surface area contributed by atoms with Gasteiger partial charge in [0.1, 0.15) is 6.61 Å². The van der Waals surface area contributed by atoms with E-state index in [0.717, 1.165) is 39.1 Å². The molecule has 0 atom stereocenters. The molecule has 1 aliphatic heterocycles. The van der Waals surface area contributed by atoms with Crippen molar-refractivity contribution in [2.75, 3.05) is 46.4 Å². The lowest BCUT2D eigenvalue weighted by Gasteiger charge is -2.34. The summed E-state index contributed by atoms with van der Waals surface area (Å²) in [4.78, 5) is 20.0. The van der Waals surface area contributed by atoms with Gasteiger partial charge in [0.05, 0.1) is 0 Å². The van der Waals surface area contributed by atoms with E-state index in [0.29, 0.717) is 0 Å². The Bertz CT molecular complexity index is 389. The summed E-state index contributed by atoms with van der Waals surface area (Å²) in [5.74, 6) is 0.0938. The number of methoxy groups -OCH3 is 1. The van der Waals surface area contributed by atoms with Crippen molar-refractivity contribution in [2.24, 2.45) is 0 Å². The molecular formula is C14H21N3O2. The van der Waals surface area contributed by atoms with Gasteiger partial charge in [-0.1, -0.05) is 0 Å². The molecule has 0 aromatic carbocycles. The zero-order valence-corrected chi connectivity index (χ0v) is 11.4. The lowest BCUT2D eigenvalue weighted by molar-refractivity contribution is -0.136. The summed E-state index contributed by atoms with van der Waals surface area (Å²) in [5.41, 5.74) is 1.31. The molecule has 1 aromatic heterocycles. The smallest absolute Gasteiger partial charge is 0.248 e. The van der Waals surface area contributed by atoms with E-state index >= 15 is 0 Å². The van der Waals surface area contributed by atoms with Crippen LogP contribution in [-0.4, -0.2) is 67.1 Å². The Labute approximate surface area is 114 Å². The van der Waals surface area contributed by atoms with Crippen LogP contribution in [0.25, 0.3) is 0 Å². The molecule has 19 heavy (non-hydrogen) atoms. The second-order valence-electron chi connectivity index (χ2n) is 4.76. The van der Waals surface area contributed by atoms with E-state index in [-0.39, 0.29) is 12.5 Å². The molecule has 5 heteroatoms. The minimum atomic E-state index is 0.0938. The number of nitrogens with zero attached hydrogens (tertiary/aromatic N) is 3. The van der Waals surface area contributed by atoms with Gasteiger partial charge in [0.25, 0.3) is 0 Å². The van der Waals surface area contributed by atoms with Gasteiger partial charge in [-0.05, 0) is 24.1 Å². The largest absolute Gasteiger partial charge is 0.375 e. The highest BCUT2D eigenvalue weighted by atomic mass is 16.5. The van der Waals surface area contributed by atoms with Crippen LogP contribution in [0.4, 0.5) is 0 Å². The first-order chi connectivity index (χ1) is 9.29. The van der Waals surface area contributed by atoms with E-state index in [4.69, 9.17) is 4.74 Å². The van der Waals surface area contributed by atoms with Crippen LogP contribution < -0.4 is 0 Å². The van der Waals surface area contributed by atoms with Gasteiger partial charge in [-0.25, -0.2) is 0 Å². The maximum atomic E-state index is 11.7.